The van der Waals surface area contributed by atoms with Gasteiger partial charge in [0.15, 0.2) is 11.9 Å². The van der Waals surface area contributed by atoms with Crippen LogP contribution in [0.1, 0.15) is 74.7 Å². The third-order valence-electron chi connectivity index (χ3n) is 4.98. The van der Waals surface area contributed by atoms with Crippen molar-refractivity contribution in [1.82, 2.24) is 0 Å². The van der Waals surface area contributed by atoms with Crippen LogP contribution in [0.25, 0.3) is 0 Å². The van der Waals surface area contributed by atoms with Crippen LogP contribution >= 0.6 is 0 Å². The third kappa shape index (κ3) is 9.17. The van der Waals surface area contributed by atoms with Crippen LogP contribution in [0.5, 0.6) is 0 Å². The SMILES string of the molecule is C=C[C@@H]([C@@H]1C[C@H](COCC(=O)OC(C)(C)C)OC(CC)(CC)O1)[C@@H](O)C(=O)OC(C)(C)C. The molecule has 1 rings (SSSR count). The normalized spacial score (nSPS) is 23.2. The molecule has 0 unspecified atom stereocenters. The van der Waals surface area contributed by atoms with E-state index in [9.17, 15) is 14.7 Å². The van der Waals surface area contributed by atoms with Gasteiger partial charge in [-0.1, -0.05) is 19.9 Å². The summed E-state index contributed by atoms with van der Waals surface area (Å²) in [5, 5.41) is 10.7. The van der Waals surface area contributed by atoms with Crippen molar-refractivity contribution in [2.24, 2.45) is 5.92 Å². The summed E-state index contributed by atoms with van der Waals surface area (Å²) in [7, 11) is 0. The number of ether oxygens (including phenoxy) is 5. The van der Waals surface area contributed by atoms with Crippen LogP contribution in [0, 0.1) is 5.92 Å². The second-order valence-corrected chi connectivity index (χ2v) is 10.1. The molecule has 32 heavy (non-hydrogen) atoms. The van der Waals surface area contributed by atoms with Crippen LogP contribution in [-0.4, -0.2) is 65.6 Å². The molecule has 1 aliphatic heterocycles. The van der Waals surface area contributed by atoms with Crippen molar-refractivity contribution in [1.29, 1.82) is 0 Å². The van der Waals surface area contributed by atoms with Gasteiger partial charge in [0.1, 0.15) is 17.8 Å². The molecule has 1 aliphatic rings. The predicted octanol–water partition coefficient (Wildman–Crippen LogP) is 3.54. The molecule has 8 nitrogen and oxygen atoms in total. The lowest BCUT2D eigenvalue weighted by Gasteiger charge is -2.46. The predicted molar refractivity (Wildman–Crippen MR) is 120 cm³/mol. The van der Waals surface area contributed by atoms with Crippen molar-refractivity contribution < 1.29 is 38.4 Å². The van der Waals surface area contributed by atoms with E-state index >= 15 is 0 Å². The second-order valence-electron chi connectivity index (χ2n) is 10.1. The summed E-state index contributed by atoms with van der Waals surface area (Å²) in [6.45, 7) is 18.2. The Hall–Kier alpha value is -1.48. The zero-order chi connectivity index (χ0) is 24.7. The van der Waals surface area contributed by atoms with Gasteiger partial charge in [-0.15, -0.1) is 6.58 Å². The highest BCUT2D eigenvalue weighted by Gasteiger charge is 2.45. The fraction of sp³-hybridized carbons (Fsp3) is 0.833. The molecule has 1 fully saturated rings. The molecule has 0 radical (unpaired) electrons. The van der Waals surface area contributed by atoms with Crippen molar-refractivity contribution in [2.75, 3.05) is 13.2 Å². The average Bonchev–Trinajstić information content (AvgIpc) is 2.65. The lowest BCUT2D eigenvalue weighted by Crippen LogP contribution is -2.53. The first-order valence-corrected chi connectivity index (χ1v) is 11.3. The molecule has 8 heteroatoms. The molecule has 0 aromatic heterocycles. The van der Waals surface area contributed by atoms with Gasteiger partial charge in [0.2, 0.25) is 0 Å². The van der Waals surface area contributed by atoms with Crippen molar-refractivity contribution in [2.45, 2.75) is 110 Å². The monoisotopic (exact) mass is 458 g/mol. The molecule has 0 amide bonds. The van der Waals surface area contributed by atoms with Gasteiger partial charge in [0, 0.05) is 12.3 Å². The molecule has 4 atom stereocenters. The summed E-state index contributed by atoms with van der Waals surface area (Å²) in [6, 6.07) is 0. The van der Waals surface area contributed by atoms with Gasteiger partial charge >= 0.3 is 11.9 Å². The lowest BCUT2D eigenvalue weighted by atomic mass is 9.89. The van der Waals surface area contributed by atoms with E-state index in [1.54, 1.807) is 41.5 Å². The minimum Gasteiger partial charge on any atom is -0.458 e. The summed E-state index contributed by atoms with van der Waals surface area (Å²) in [5.41, 5.74) is -1.32. The largest absolute Gasteiger partial charge is 0.458 e. The molecule has 0 saturated carbocycles. The first kappa shape index (κ1) is 28.6. The van der Waals surface area contributed by atoms with Crippen LogP contribution in [-0.2, 0) is 33.3 Å². The van der Waals surface area contributed by atoms with Gasteiger partial charge in [-0.05, 0) is 54.4 Å². The number of carbonyl (C=O) groups is 2. The minimum absolute atomic E-state index is 0.146. The fourth-order valence-electron chi connectivity index (χ4n) is 3.53. The topological polar surface area (TPSA) is 101 Å². The van der Waals surface area contributed by atoms with E-state index < -0.39 is 53.2 Å². The molecule has 0 spiro atoms. The zero-order valence-electron chi connectivity index (χ0n) is 20.9. The first-order valence-electron chi connectivity index (χ1n) is 11.3. The molecular weight excluding hydrogens is 416 g/mol. The highest BCUT2D eigenvalue weighted by Crippen LogP contribution is 2.37. The van der Waals surface area contributed by atoms with Gasteiger partial charge < -0.3 is 28.8 Å². The summed E-state index contributed by atoms with van der Waals surface area (Å²) < 4.78 is 28.6. The standard InChI is InChI=1S/C24H42O8/c1-10-17(20(26)21(27)32-23(7,8)9)18-13-16(29-24(11-2,12-3)30-18)14-28-15-19(25)31-22(4,5)6/h10,16-18,20,26H,1,11-15H2,2-9H3/t16-,17+,18+,20-/m1/s1. The van der Waals surface area contributed by atoms with Crippen LogP contribution in [0.2, 0.25) is 0 Å². The Kier molecular flexibility index (Phi) is 10.3. The Morgan fingerprint density at radius 3 is 2.12 bits per heavy atom. The summed E-state index contributed by atoms with van der Waals surface area (Å²) >= 11 is 0. The molecule has 1 N–H and O–H groups in total. The second kappa shape index (κ2) is 11.6. The van der Waals surface area contributed by atoms with Gasteiger partial charge in [-0.25, -0.2) is 9.59 Å². The van der Waals surface area contributed by atoms with Crippen molar-refractivity contribution in [3.8, 4) is 0 Å². The van der Waals surface area contributed by atoms with E-state index in [0.717, 1.165) is 0 Å². The van der Waals surface area contributed by atoms with Crippen LogP contribution < -0.4 is 0 Å². The molecular formula is C24H42O8. The third-order valence-corrected chi connectivity index (χ3v) is 4.98. The lowest BCUT2D eigenvalue weighted by molar-refractivity contribution is -0.333. The Bertz CT molecular complexity index is 627. The number of rotatable bonds is 10. The van der Waals surface area contributed by atoms with E-state index in [-0.39, 0.29) is 13.2 Å². The summed E-state index contributed by atoms with van der Waals surface area (Å²) in [5.74, 6) is -2.77. The highest BCUT2D eigenvalue weighted by molar-refractivity contribution is 5.75. The first-order chi connectivity index (χ1) is 14.6. The quantitative estimate of drug-likeness (QED) is 0.392. The molecule has 0 bridgehead atoms. The minimum atomic E-state index is -1.43. The molecule has 1 saturated heterocycles. The van der Waals surface area contributed by atoms with Crippen LogP contribution in [0.3, 0.4) is 0 Å². The smallest absolute Gasteiger partial charge is 0.336 e. The van der Waals surface area contributed by atoms with E-state index in [2.05, 4.69) is 6.58 Å². The van der Waals surface area contributed by atoms with Crippen LogP contribution in [0.4, 0.5) is 0 Å². The van der Waals surface area contributed by atoms with E-state index in [4.69, 9.17) is 23.7 Å². The van der Waals surface area contributed by atoms with E-state index in [0.29, 0.717) is 19.3 Å². The maximum atomic E-state index is 12.5. The maximum Gasteiger partial charge on any atom is 0.336 e. The van der Waals surface area contributed by atoms with Gasteiger partial charge in [0.05, 0.1) is 18.8 Å². The van der Waals surface area contributed by atoms with E-state index in [1.807, 2.05) is 13.8 Å². The Balaban J connectivity index is 2.90. The maximum absolute atomic E-state index is 12.5. The number of aliphatic hydroxyl groups is 1. The van der Waals surface area contributed by atoms with Crippen molar-refractivity contribution >= 4 is 11.9 Å². The molecule has 186 valence electrons. The van der Waals surface area contributed by atoms with E-state index in [1.165, 1.54) is 6.08 Å². The molecule has 1 heterocycles. The Morgan fingerprint density at radius 1 is 1.09 bits per heavy atom. The number of hydrogen-bond donors (Lipinski definition) is 1. The van der Waals surface area contributed by atoms with Crippen molar-refractivity contribution in [3.63, 3.8) is 0 Å². The fourth-order valence-corrected chi connectivity index (χ4v) is 3.53. The average molecular weight is 459 g/mol. The van der Waals surface area contributed by atoms with Gasteiger partial charge in [-0.2, -0.15) is 0 Å². The number of esters is 2. The number of carbonyl (C=O) groups excluding carboxylic acids is 2. The molecule has 0 aromatic carbocycles. The van der Waals surface area contributed by atoms with Crippen molar-refractivity contribution in [3.05, 3.63) is 12.7 Å². The number of aliphatic hydroxyl groups excluding tert-OH is 1. The zero-order valence-corrected chi connectivity index (χ0v) is 20.9. The number of hydrogen-bond acceptors (Lipinski definition) is 8. The van der Waals surface area contributed by atoms with Crippen LogP contribution in [0.15, 0.2) is 12.7 Å². The summed E-state index contributed by atoms with van der Waals surface area (Å²) in [4.78, 5) is 24.4. The Labute approximate surface area is 192 Å². The summed E-state index contributed by atoms with van der Waals surface area (Å²) in [6.07, 6.45) is 0.628. The van der Waals surface area contributed by atoms with Gasteiger partial charge in [-0.3, -0.25) is 0 Å². The molecule has 0 aliphatic carbocycles. The Morgan fingerprint density at radius 2 is 1.66 bits per heavy atom. The molecule has 0 aromatic rings. The van der Waals surface area contributed by atoms with Gasteiger partial charge in [0.25, 0.3) is 0 Å². The highest BCUT2D eigenvalue weighted by atomic mass is 16.7.